The van der Waals surface area contributed by atoms with Crippen molar-refractivity contribution in [2.24, 2.45) is 4.99 Å². The summed E-state index contributed by atoms with van der Waals surface area (Å²) in [5.41, 5.74) is 1.71. The summed E-state index contributed by atoms with van der Waals surface area (Å²) in [6.07, 6.45) is 2.63. The van der Waals surface area contributed by atoms with Crippen molar-refractivity contribution < 1.29 is 23.7 Å². The van der Waals surface area contributed by atoms with Gasteiger partial charge in [0.2, 0.25) is 5.90 Å². The lowest BCUT2D eigenvalue weighted by Crippen LogP contribution is -2.06. The van der Waals surface area contributed by atoms with E-state index >= 15 is 0 Å². The van der Waals surface area contributed by atoms with Crippen LogP contribution < -0.4 is 14.2 Å². The van der Waals surface area contributed by atoms with Crippen LogP contribution in [0.4, 0.5) is 0 Å². The SMILES string of the molecule is CCCOc1ccc(/C=C2\N=C(c3ccc(OC)c(OC)c3)OC2=O)cc1. The van der Waals surface area contributed by atoms with Crippen molar-refractivity contribution in [3.05, 3.63) is 59.3 Å². The van der Waals surface area contributed by atoms with Gasteiger partial charge in [0.05, 0.1) is 20.8 Å². The molecule has 6 nitrogen and oxygen atoms in total. The molecule has 3 rings (SSSR count). The maximum absolute atomic E-state index is 12.2. The first-order chi connectivity index (χ1) is 13.1. The fourth-order valence-electron chi connectivity index (χ4n) is 2.54. The largest absolute Gasteiger partial charge is 0.494 e. The average molecular weight is 367 g/mol. The molecule has 1 aliphatic heterocycles. The van der Waals surface area contributed by atoms with Crippen LogP contribution in [0.3, 0.4) is 0 Å². The molecule has 27 heavy (non-hydrogen) atoms. The second kappa shape index (κ2) is 8.40. The molecule has 0 amide bonds. The molecular weight excluding hydrogens is 346 g/mol. The summed E-state index contributed by atoms with van der Waals surface area (Å²) >= 11 is 0. The molecule has 1 heterocycles. The highest BCUT2D eigenvalue weighted by molar-refractivity contribution is 6.13. The number of ether oxygens (including phenoxy) is 4. The van der Waals surface area contributed by atoms with Gasteiger partial charge in [0.1, 0.15) is 5.75 Å². The number of cyclic esters (lactones) is 1. The number of carbonyl (C=O) groups is 1. The zero-order valence-electron chi connectivity index (χ0n) is 15.5. The molecule has 6 heteroatoms. The summed E-state index contributed by atoms with van der Waals surface area (Å²) in [7, 11) is 3.10. The molecule has 140 valence electrons. The van der Waals surface area contributed by atoms with Crippen LogP contribution >= 0.6 is 0 Å². The number of hydrogen-bond acceptors (Lipinski definition) is 6. The predicted molar refractivity (Wildman–Crippen MR) is 102 cm³/mol. The zero-order chi connectivity index (χ0) is 19.2. The van der Waals surface area contributed by atoms with Gasteiger partial charge in [-0.2, -0.15) is 0 Å². The van der Waals surface area contributed by atoms with Crippen molar-refractivity contribution in [2.75, 3.05) is 20.8 Å². The average Bonchev–Trinajstić information content (AvgIpc) is 3.07. The van der Waals surface area contributed by atoms with Gasteiger partial charge >= 0.3 is 5.97 Å². The lowest BCUT2D eigenvalue weighted by molar-refractivity contribution is -0.129. The fourth-order valence-corrected chi connectivity index (χ4v) is 2.54. The minimum Gasteiger partial charge on any atom is -0.494 e. The van der Waals surface area contributed by atoms with Gasteiger partial charge < -0.3 is 18.9 Å². The summed E-state index contributed by atoms with van der Waals surface area (Å²) in [5.74, 6) is 1.66. The minimum absolute atomic E-state index is 0.232. The lowest BCUT2D eigenvalue weighted by atomic mass is 10.2. The molecule has 0 saturated carbocycles. The molecule has 0 bridgehead atoms. The molecule has 0 radical (unpaired) electrons. The molecule has 0 N–H and O–H groups in total. The van der Waals surface area contributed by atoms with Crippen molar-refractivity contribution in [2.45, 2.75) is 13.3 Å². The van der Waals surface area contributed by atoms with Gasteiger partial charge in [0, 0.05) is 5.56 Å². The van der Waals surface area contributed by atoms with Gasteiger partial charge in [-0.25, -0.2) is 9.79 Å². The first-order valence-electron chi connectivity index (χ1n) is 8.62. The zero-order valence-corrected chi connectivity index (χ0v) is 15.5. The summed E-state index contributed by atoms with van der Waals surface area (Å²) in [6, 6.07) is 12.7. The molecule has 0 aliphatic carbocycles. The molecular formula is C21H21NO5. The minimum atomic E-state index is -0.494. The van der Waals surface area contributed by atoms with Gasteiger partial charge in [-0.1, -0.05) is 19.1 Å². The predicted octanol–water partition coefficient (Wildman–Crippen LogP) is 3.84. The highest BCUT2D eigenvalue weighted by Gasteiger charge is 2.25. The lowest BCUT2D eigenvalue weighted by Gasteiger charge is -2.08. The summed E-state index contributed by atoms with van der Waals surface area (Å²) in [4.78, 5) is 16.5. The van der Waals surface area contributed by atoms with Gasteiger partial charge in [0.15, 0.2) is 17.2 Å². The van der Waals surface area contributed by atoms with Crippen LogP contribution in [0.5, 0.6) is 17.2 Å². The Kier molecular flexibility index (Phi) is 5.76. The van der Waals surface area contributed by atoms with E-state index in [2.05, 4.69) is 11.9 Å². The number of hydrogen-bond donors (Lipinski definition) is 0. The monoisotopic (exact) mass is 367 g/mol. The van der Waals surface area contributed by atoms with Gasteiger partial charge in [0.25, 0.3) is 0 Å². The maximum atomic E-state index is 12.2. The van der Waals surface area contributed by atoms with Gasteiger partial charge in [-0.15, -0.1) is 0 Å². The fraction of sp³-hybridized carbons (Fsp3) is 0.238. The van der Waals surface area contributed by atoms with E-state index in [-0.39, 0.29) is 11.6 Å². The van der Waals surface area contributed by atoms with Crippen molar-refractivity contribution in [1.29, 1.82) is 0 Å². The van der Waals surface area contributed by atoms with Crippen molar-refractivity contribution in [1.82, 2.24) is 0 Å². The third-order valence-corrected chi connectivity index (χ3v) is 3.91. The maximum Gasteiger partial charge on any atom is 0.363 e. The first-order valence-corrected chi connectivity index (χ1v) is 8.62. The van der Waals surface area contributed by atoms with Crippen LogP contribution in [0, 0.1) is 0 Å². The molecule has 0 spiro atoms. The number of nitrogens with zero attached hydrogens (tertiary/aromatic N) is 1. The topological polar surface area (TPSA) is 66.3 Å². The van der Waals surface area contributed by atoms with Crippen molar-refractivity contribution in [3.8, 4) is 17.2 Å². The Bertz CT molecular complexity index is 884. The second-order valence-electron chi connectivity index (χ2n) is 5.82. The van der Waals surface area contributed by atoms with Crippen LogP contribution in [-0.4, -0.2) is 32.7 Å². The van der Waals surface area contributed by atoms with Crippen molar-refractivity contribution >= 4 is 17.9 Å². The van der Waals surface area contributed by atoms with Crippen LogP contribution in [0.2, 0.25) is 0 Å². The molecule has 0 atom stereocenters. The number of methoxy groups -OCH3 is 2. The Balaban J connectivity index is 1.82. The van der Waals surface area contributed by atoms with Crippen LogP contribution in [-0.2, 0) is 9.53 Å². The smallest absolute Gasteiger partial charge is 0.363 e. The Hall–Kier alpha value is -3.28. The molecule has 0 aromatic heterocycles. The third kappa shape index (κ3) is 4.28. The Morgan fingerprint density at radius 3 is 2.44 bits per heavy atom. The van der Waals surface area contributed by atoms with Crippen molar-refractivity contribution in [3.63, 3.8) is 0 Å². The van der Waals surface area contributed by atoms with E-state index < -0.39 is 5.97 Å². The summed E-state index contributed by atoms with van der Waals surface area (Å²) in [6.45, 7) is 2.73. The number of rotatable bonds is 7. The van der Waals surface area contributed by atoms with Crippen LogP contribution in [0.25, 0.3) is 6.08 Å². The van der Waals surface area contributed by atoms with E-state index in [1.54, 1.807) is 38.5 Å². The van der Waals surface area contributed by atoms with E-state index in [0.717, 1.165) is 17.7 Å². The number of carbonyl (C=O) groups excluding carboxylic acids is 1. The van der Waals surface area contributed by atoms with E-state index in [4.69, 9.17) is 18.9 Å². The number of aliphatic imine (C=N–C) groups is 1. The molecule has 1 aliphatic rings. The van der Waals surface area contributed by atoms with E-state index in [9.17, 15) is 4.79 Å². The van der Waals surface area contributed by atoms with Gasteiger partial charge in [-0.3, -0.25) is 0 Å². The van der Waals surface area contributed by atoms with Gasteiger partial charge in [-0.05, 0) is 48.4 Å². The molecule has 2 aromatic rings. The Labute approximate surface area is 158 Å². The second-order valence-corrected chi connectivity index (χ2v) is 5.82. The standard InChI is InChI=1S/C21H21NO5/c1-4-11-26-16-8-5-14(6-9-16)12-17-21(23)27-20(22-17)15-7-10-18(24-2)19(13-15)25-3/h5-10,12-13H,4,11H2,1-3H3/b17-12-. The molecule has 2 aromatic carbocycles. The first kappa shape index (κ1) is 18.5. The Morgan fingerprint density at radius 1 is 1.04 bits per heavy atom. The summed E-state index contributed by atoms with van der Waals surface area (Å²) < 4.78 is 21.4. The molecule has 0 unspecified atom stereocenters. The normalized spacial score (nSPS) is 14.7. The molecule has 0 saturated heterocycles. The Morgan fingerprint density at radius 2 is 1.78 bits per heavy atom. The van der Waals surface area contributed by atoms with E-state index in [1.807, 2.05) is 24.3 Å². The number of benzene rings is 2. The highest BCUT2D eigenvalue weighted by atomic mass is 16.6. The van der Waals surface area contributed by atoms with Crippen LogP contribution in [0.1, 0.15) is 24.5 Å². The summed E-state index contributed by atoms with van der Waals surface area (Å²) in [5, 5.41) is 0. The molecule has 0 fully saturated rings. The van der Waals surface area contributed by atoms with E-state index in [1.165, 1.54) is 0 Å². The highest BCUT2D eigenvalue weighted by Crippen LogP contribution is 2.29. The van der Waals surface area contributed by atoms with E-state index in [0.29, 0.717) is 23.7 Å². The number of esters is 1. The van der Waals surface area contributed by atoms with Crippen LogP contribution in [0.15, 0.2) is 53.2 Å². The quantitative estimate of drug-likeness (QED) is 0.549. The third-order valence-electron chi connectivity index (χ3n) is 3.91.